The Bertz CT molecular complexity index is 1250. The van der Waals surface area contributed by atoms with Crippen LogP contribution in [0, 0.1) is 5.92 Å². The molecule has 6 heteroatoms. The van der Waals surface area contributed by atoms with Crippen molar-refractivity contribution in [3.05, 3.63) is 95.6 Å². The van der Waals surface area contributed by atoms with Gasteiger partial charge >= 0.3 is 0 Å². The number of nitrogens with zero attached hydrogens (tertiary/aromatic N) is 2. The minimum Gasteiger partial charge on any atom is -0.484 e. The molecule has 1 heterocycles. The fourth-order valence-corrected chi connectivity index (χ4v) is 5.57. The number of carbonyl (C=O) groups excluding carboxylic acids is 2. The van der Waals surface area contributed by atoms with Crippen molar-refractivity contribution in [2.24, 2.45) is 5.92 Å². The number of piperidine rings is 1. The van der Waals surface area contributed by atoms with Gasteiger partial charge in [0.1, 0.15) is 5.75 Å². The lowest BCUT2D eigenvalue weighted by molar-refractivity contribution is -0.118. The fraction of sp³-hybridized carbons (Fsp3) is 0.459. The van der Waals surface area contributed by atoms with E-state index < -0.39 is 0 Å². The summed E-state index contributed by atoms with van der Waals surface area (Å²) in [6.07, 6.45) is 7.85. The number of hydrogen-bond acceptors (Lipinski definition) is 4. The van der Waals surface area contributed by atoms with E-state index in [1.165, 1.54) is 31.2 Å². The van der Waals surface area contributed by atoms with E-state index in [0.717, 1.165) is 50.0 Å². The molecule has 3 aromatic carbocycles. The summed E-state index contributed by atoms with van der Waals surface area (Å²) in [5, 5.41) is 2.90. The van der Waals surface area contributed by atoms with Gasteiger partial charge in [0.2, 0.25) is 0 Å². The number of rotatable bonds is 15. The lowest BCUT2D eigenvalue weighted by atomic mass is 9.99. The summed E-state index contributed by atoms with van der Waals surface area (Å²) in [4.78, 5) is 31.0. The topological polar surface area (TPSA) is 61.9 Å². The molecular weight excluding hydrogens is 534 g/mol. The molecule has 0 unspecified atom stereocenters. The molecule has 43 heavy (non-hydrogen) atoms. The molecule has 1 fully saturated rings. The van der Waals surface area contributed by atoms with Gasteiger partial charge in [-0.2, -0.15) is 0 Å². The van der Waals surface area contributed by atoms with Crippen LogP contribution in [0.1, 0.15) is 80.8 Å². The van der Waals surface area contributed by atoms with Gasteiger partial charge in [-0.15, -0.1) is 0 Å². The van der Waals surface area contributed by atoms with Crippen LogP contribution in [0.2, 0.25) is 0 Å². The van der Waals surface area contributed by atoms with E-state index in [4.69, 9.17) is 4.74 Å². The largest absolute Gasteiger partial charge is 0.484 e. The van der Waals surface area contributed by atoms with Gasteiger partial charge < -0.3 is 19.9 Å². The minimum atomic E-state index is -0.212. The Morgan fingerprint density at radius 2 is 1.58 bits per heavy atom. The molecule has 1 saturated heterocycles. The third-order valence-electron chi connectivity index (χ3n) is 8.26. The van der Waals surface area contributed by atoms with E-state index in [9.17, 15) is 9.59 Å². The normalized spacial score (nSPS) is 14.0. The van der Waals surface area contributed by atoms with Gasteiger partial charge in [-0.1, -0.05) is 76.1 Å². The average Bonchev–Trinajstić information content (AvgIpc) is 3.03. The second-order valence-electron chi connectivity index (χ2n) is 12.2. The third-order valence-corrected chi connectivity index (χ3v) is 8.26. The molecule has 0 bridgehead atoms. The highest BCUT2D eigenvalue weighted by Crippen LogP contribution is 2.24. The summed E-state index contributed by atoms with van der Waals surface area (Å²) in [5.74, 6) is 1.24. The van der Waals surface area contributed by atoms with Gasteiger partial charge in [0.05, 0.1) is 0 Å². The van der Waals surface area contributed by atoms with Crippen molar-refractivity contribution in [3.8, 4) is 5.75 Å². The molecule has 0 atom stereocenters. The first-order chi connectivity index (χ1) is 20.9. The highest BCUT2D eigenvalue weighted by molar-refractivity contribution is 5.94. The maximum atomic E-state index is 14.0. The lowest BCUT2D eigenvalue weighted by Crippen LogP contribution is -2.47. The summed E-state index contributed by atoms with van der Waals surface area (Å²) >= 11 is 0. The molecule has 0 aliphatic carbocycles. The lowest BCUT2D eigenvalue weighted by Gasteiger charge is -2.39. The minimum absolute atomic E-state index is 0.0543. The number of aryl methyl sites for hydroxylation is 1. The van der Waals surface area contributed by atoms with Crippen LogP contribution < -0.4 is 10.1 Å². The van der Waals surface area contributed by atoms with Crippen molar-refractivity contribution >= 4 is 17.5 Å². The van der Waals surface area contributed by atoms with Gasteiger partial charge in [0.15, 0.2) is 6.61 Å². The summed E-state index contributed by atoms with van der Waals surface area (Å²) in [5.41, 5.74) is 3.80. The van der Waals surface area contributed by atoms with Gasteiger partial charge in [-0.05, 0) is 92.1 Å². The first kappa shape index (κ1) is 32.3. The number of unbranched alkanes of at least 4 members (excludes halogenated alkanes) is 2. The standard InChI is InChI=1S/C37H49N3O3/c1-4-5-7-10-30-13-17-32(18-14-30)37(42)40(34-22-25-39(26-23-34)24-21-29(2)3)27-31-15-19-33(20-16-31)38-36(41)28-43-35-11-8-6-9-12-35/h6,8-9,11-20,29,34H,4-5,7,10,21-28H2,1-3H3,(H,38,41). The monoisotopic (exact) mass is 583 g/mol. The number of nitrogens with one attached hydrogen (secondary N) is 1. The molecule has 2 amide bonds. The highest BCUT2D eigenvalue weighted by atomic mass is 16.5. The third kappa shape index (κ3) is 10.5. The second kappa shape index (κ2) is 16.9. The van der Waals surface area contributed by atoms with E-state index in [2.05, 4.69) is 48.0 Å². The Hall–Kier alpha value is -3.64. The number of hydrogen-bond donors (Lipinski definition) is 1. The Morgan fingerprint density at radius 3 is 2.23 bits per heavy atom. The van der Waals surface area contributed by atoms with Gasteiger partial charge in [0.25, 0.3) is 11.8 Å². The van der Waals surface area contributed by atoms with Crippen LogP contribution in [0.15, 0.2) is 78.9 Å². The summed E-state index contributed by atoms with van der Waals surface area (Å²) in [7, 11) is 0. The predicted molar refractivity (Wildman–Crippen MR) is 175 cm³/mol. The molecule has 3 aromatic rings. The van der Waals surface area contributed by atoms with E-state index in [-0.39, 0.29) is 24.5 Å². The Balaban J connectivity index is 1.40. The van der Waals surface area contributed by atoms with Crippen molar-refractivity contribution in [2.75, 3.05) is 31.6 Å². The molecular formula is C37H49N3O3. The van der Waals surface area contributed by atoms with Crippen LogP contribution in [0.3, 0.4) is 0 Å². The smallest absolute Gasteiger partial charge is 0.262 e. The first-order valence-corrected chi connectivity index (χ1v) is 16.1. The molecule has 230 valence electrons. The molecule has 1 aliphatic heterocycles. The van der Waals surface area contributed by atoms with Crippen LogP contribution in [0.4, 0.5) is 5.69 Å². The first-order valence-electron chi connectivity index (χ1n) is 16.1. The van der Waals surface area contributed by atoms with E-state index in [1.807, 2.05) is 66.7 Å². The van der Waals surface area contributed by atoms with Crippen LogP contribution in [0.25, 0.3) is 0 Å². The molecule has 1 aliphatic rings. The predicted octanol–water partition coefficient (Wildman–Crippen LogP) is 7.59. The second-order valence-corrected chi connectivity index (χ2v) is 12.2. The van der Waals surface area contributed by atoms with E-state index in [1.54, 1.807) is 0 Å². The van der Waals surface area contributed by atoms with Gasteiger partial charge in [-0.3, -0.25) is 9.59 Å². The molecule has 4 rings (SSSR count). The quantitative estimate of drug-likeness (QED) is 0.187. The summed E-state index contributed by atoms with van der Waals surface area (Å²) in [6, 6.07) is 25.6. The van der Waals surface area contributed by atoms with Gasteiger partial charge in [0, 0.05) is 36.9 Å². The van der Waals surface area contributed by atoms with Gasteiger partial charge in [-0.25, -0.2) is 0 Å². The van der Waals surface area contributed by atoms with Crippen LogP contribution in [-0.2, 0) is 17.8 Å². The maximum absolute atomic E-state index is 14.0. The summed E-state index contributed by atoms with van der Waals surface area (Å²) < 4.78 is 5.56. The van der Waals surface area contributed by atoms with Crippen molar-refractivity contribution in [1.82, 2.24) is 9.80 Å². The Morgan fingerprint density at radius 1 is 0.907 bits per heavy atom. The molecule has 1 N–H and O–H groups in total. The number of anilines is 1. The van der Waals surface area contributed by atoms with Crippen molar-refractivity contribution in [1.29, 1.82) is 0 Å². The molecule has 0 radical (unpaired) electrons. The molecule has 6 nitrogen and oxygen atoms in total. The molecule has 0 spiro atoms. The number of amides is 2. The molecule has 0 saturated carbocycles. The molecule has 0 aromatic heterocycles. The number of ether oxygens (including phenoxy) is 1. The van der Waals surface area contributed by atoms with Crippen molar-refractivity contribution < 1.29 is 14.3 Å². The fourth-order valence-electron chi connectivity index (χ4n) is 5.57. The van der Waals surface area contributed by atoms with Crippen LogP contribution in [0.5, 0.6) is 5.75 Å². The van der Waals surface area contributed by atoms with E-state index >= 15 is 0 Å². The Labute approximate surface area is 258 Å². The zero-order chi connectivity index (χ0) is 30.4. The number of likely N-dealkylation sites (tertiary alicyclic amines) is 1. The SMILES string of the molecule is CCCCCc1ccc(C(=O)N(Cc2ccc(NC(=O)COc3ccccc3)cc2)C2CCN(CCC(C)C)CC2)cc1. The zero-order valence-electron chi connectivity index (χ0n) is 26.3. The van der Waals surface area contributed by atoms with E-state index in [0.29, 0.717) is 23.9 Å². The van der Waals surface area contributed by atoms with Crippen molar-refractivity contribution in [3.63, 3.8) is 0 Å². The van der Waals surface area contributed by atoms with Crippen molar-refractivity contribution in [2.45, 2.75) is 78.3 Å². The number of benzene rings is 3. The number of para-hydroxylation sites is 1. The van der Waals surface area contributed by atoms with Crippen LogP contribution in [-0.4, -0.2) is 53.9 Å². The zero-order valence-corrected chi connectivity index (χ0v) is 26.3. The van der Waals surface area contributed by atoms with Crippen LogP contribution >= 0.6 is 0 Å². The number of carbonyl (C=O) groups is 2. The maximum Gasteiger partial charge on any atom is 0.262 e. The highest BCUT2D eigenvalue weighted by Gasteiger charge is 2.29. The Kier molecular flexibility index (Phi) is 12.7. The summed E-state index contributed by atoms with van der Waals surface area (Å²) in [6.45, 7) is 10.4. The average molecular weight is 584 g/mol.